The van der Waals surface area contributed by atoms with Gasteiger partial charge in [0.25, 0.3) is 0 Å². The molecule has 0 saturated heterocycles. The largest absolute Gasteiger partial charge is 0.464 e. The second kappa shape index (κ2) is 4.51. The van der Waals surface area contributed by atoms with Crippen LogP contribution in [0.4, 0.5) is 0 Å². The molecule has 1 unspecified atom stereocenters. The molecular weight excluding hydrogens is 212 g/mol. The highest BCUT2D eigenvalue weighted by atomic mass is 16.3. The first kappa shape index (κ1) is 10.8. The molecule has 0 amide bonds. The molecule has 1 atom stereocenters. The van der Waals surface area contributed by atoms with Crippen molar-refractivity contribution in [3.05, 3.63) is 36.1 Å². The summed E-state index contributed by atoms with van der Waals surface area (Å²) in [6.07, 6.45) is 6.97. The van der Waals surface area contributed by atoms with Gasteiger partial charge >= 0.3 is 0 Å². The highest BCUT2D eigenvalue weighted by Gasteiger charge is 2.24. The van der Waals surface area contributed by atoms with Gasteiger partial charge in [-0.2, -0.15) is 0 Å². The predicted octanol–water partition coefficient (Wildman–Crippen LogP) is 3.13. The van der Waals surface area contributed by atoms with E-state index in [0.717, 1.165) is 17.9 Å². The van der Waals surface area contributed by atoms with E-state index >= 15 is 0 Å². The molecule has 0 spiro atoms. The molecule has 17 heavy (non-hydrogen) atoms. The SMILES string of the molecule is NNC(CCC1CC1)c1coc2ccccc12. The number of benzene rings is 1. The number of fused-ring (bicyclic) bond motifs is 1. The maximum absolute atomic E-state index is 5.67. The third-order valence-corrected chi connectivity index (χ3v) is 3.65. The molecule has 3 nitrogen and oxygen atoms in total. The minimum absolute atomic E-state index is 0.208. The van der Waals surface area contributed by atoms with Crippen molar-refractivity contribution in [1.82, 2.24) is 5.43 Å². The minimum atomic E-state index is 0.208. The second-order valence-electron chi connectivity index (χ2n) is 4.93. The van der Waals surface area contributed by atoms with Crippen LogP contribution in [0, 0.1) is 5.92 Å². The van der Waals surface area contributed by atoms with Gasteiger partial charge in [-0.3, -0.25) is 11.3 Å². The van der Waals surface area contributed by atoms with Crippen molar-refractivity contribution in [2.45, 2.75) is 31.7 Å². The van der Waals surface area contributed by atoms with Crippen molar-refractivity contribution in [2.75, 3.05) is 0 Å². The summed E-state index contributed by atoms with van der Waals surface area (Å²) in [4.78, 5) is 0. The van der Waals surface area contributed by atoms with E-state index in [1.165, 1.54) is 30.2 Å². The third-order valence-electron chi connectivity index (χ3n) is 3.65. The second-order valence-corrected chi connectivity index (χ2v) is 4.93. The van der Waals surface area contributed by atoms with Gasteiger partial charge in [-0.1, -0.05) is 31.0 Å². The fourth-order valence-electron chi connectivity index (χ4n) is 2.41. The molecule has 1 aromatic carbocycles. The number of hydrazine groups is 1. The zero-order chi connectivity index (χ0) is 11.7. The standard InChI is InChI=1S/C14H18N2O/c15-16-13(8-7-10-5-6-10)12-9-17-14-4-2-1-3-11(12)14/h1-4,9-10,13,16H,5-8,15H2. The van der Waals surface area contributed by atoms with Crippen LogP contribution in [0.5, 0.6) is 0 Å². The Balaban J connectivity index is 1.83. The van der Waals surface area contributed by atoms with Gasteiger partial charge in [0, 0.05) is 17.0 Å². The quantitative estimate of drug-likeness (QED) is 0.613. The lowest BCUT2D eigenvalue weighted by atomic mass is 10.0. The summed E-state index contributed by atoms with van der Waals surface area (Å²) in [5.41, 5.74) is 5.04. The molecule has 1 saturated carbocycles. The van der Waals surface area contributed by atoms with E-state index in [9.17, 15) is 0 Å². The van der Waals surface area contributed by atoms with Crippen molar-refractivity contribution in [1.29, 1.82) is 0 Å². The fourth-order valence-corrected chi connectivity index (χ4v) is 2.41. The average Bonchev–Trinajstić information content (AvgIpc) is 3.10. The summed E-state index contributed by atoms with van der Waals surface area (Å²) in [5.74, 6) is 6.60. The molecule has 1 aliphatic rings. The summed E-state index contributed by atoms with van der Waals surface area (Å²) >= 11 is 0. The van der Waals surface area contributed by atoms with Gasteiger partial charge in [-0.05, 0) is 24.8 Å². The Kier molecular flexibility index (Phi) is 2.87. The molecule has 2 aromatic rings. The molecule has 0 bridgehead atoms. The predicted molar refractivity (Wildman–Crippen MR) is 68.2 cm³/mol. The first-order valence-corrected chi connectivity index (χ1v) is 6.30. The summed E-state index contributed by atoms with van der Waals surface area (Å²) < 4.78 is 5.56. The lowest BCUT2D eigenvalue weighted by Crippen LogP contribution is -2.27. The van der Waals surface area contributed by atoms with Crippen LogP contribution in [0.1, 0.15) is 37.3 Å². The first-order valence-electron chi connectivity index (χ1n) is 6.30. The highest BCUT2D eigenvalue weighted by molar-refractivity contribution is 5.81. The van der Waals surface area contributed by atoms with Crippen LogP contribution < -0.4 is 11.3 Å². The van der Waals surface area contributed by atoms with Gasteiger partial charge in [-0.15, -0.1) is 0 Å². The topological polar surface area (TPSA) is 51.2 Å². The molecule has 1 fully saturated rings. The Morgan fingerprint density at radius 3 is 2.94 bits per heavy atom. The maximum Gasteiger partial charge on any atom is 0.134 e. The minimum Gasteiger partial charge on any atom is -0.464 e. The first-order chi connectivity index (χ1) is 8.38. The average molecular weight is 230 g/mol. The van der Waals surface area contributed by atoms with Gasteiger partial charge in [0.05, 0.1) is 6.26 Å². The molecule has 1 aliphatic carbocycles. The summed E-state index contributed by atoms with van der Waals surface area (Å²) in [5, 5.41) is 1.17. The van der Waals surface area contributed by atoms with Crippen molar-refractivity contribution in [3.63, 3.8) is 0 Å². The van der Waals surface area contributed by atoms with Crippen molar-refractivity contribution in [2.24, 2.45) is 11.8 Å². The zero-order valence-electron chi connectivity index (χ0n) is 9.86. The smallest absolute Gasteiger partial charge is 0.134 e. The van der Waals surface area contributed by atoms with E-state index in [0.29, 0.717) is 0 Å². The van der Waals surface area contributed by atoms with Crippen LogP contribution in [0.25, 0.3) is 11.0 Å². The molecule has 0 radical (unpaired) electrons. The number of nitrogens with two attached hydrogens (primary N) is 1. The number of nitrogens with one attached hydrogen (secondary N) is 1. The number of furan rings is 1. The van der Waals surface area contributed by atoms with Crippen LogP contribution in [0.3, 0.4) is 0 Å². The molecule has 90 valence electrons. The Hall–Kier alpha value is -1.32. The van der Waals surface area contributed by atoms with Crippen LogP contribution in [0.2, 0.25) is 0 Å². The maximum atomic E-state index is 5.67. The van der Waals surface area contributed by atoms with E-state index in [1.54, 1.807) is 0 Å². The van der Waals surface area contributed by atoms with Crippen LogP contribution in [-0.2, 0) is 0 Å². The van der Waals surface area contributed by atoms with Gasteiger partial charge in [0.1, 0.15) is 5.58 Å². The van der Waals surface area contributed by atoms with Crippen molar-refractivity contribution < 1.29 is 4.42 Å². The fraction of sp³-hybridized carbons (Fsp3) is 0.429. The Morgan fingerprint density at radius 2 is 2.18 bits per heavy atom. The molecule has 0 aliphatic heterocycles. The molecular formula is C14H18N2O. The molecule has 3 rings (SSSR count). The van der Waals surface area contributed by atoms with E-state index in [4.69, 9.17) is 10.3 Å². The Labute approximate surface area is 101 Å². The molecule has 1 aromatic heterocycles. The molecule has 1 heterocycles. The van der Waals surface area contributed by atoms with E-state index in [1.807, 2.05) is 24.5 Å². The number of hydrogen-bond acceptors (Lipinski definition) is 3. The monoisotopic (exact) mass is 230 g/mol. The van der Waals surface area contributed by atoms with Crippen molar-refractivity contribution >= 4 is 11.0 Å². The Morgan fingerprint density at radius 1 is 1.35 bits per heavy atom. The van der Waals surface area contributed by atoms with Crippen LogP contribution >= 0.6 is 0 Å². The normalized spacial score (nSPS) is 17.5. The lowest BCUT2D eigenvalue weighted by molar-refractivity contribution is 0.477. The van der Waals surface area contributed by atoms with Crippen LogP contribution in [0.15, 0.2) is 34.9 Å². The molecule has 3 N–H and O–H groups in total. The number of hydrogen-bond donors (Lipinski definition) is 2. The summed E-state index contributed by atoms with van der Waals surface area (Å²) in [7, 11) is 0. The van der Waals surface area contributed by atoms with Gasteiger partial charge in [0.15, 0.2) is 0 Å². The zero-order valence-corrected chi connectivity index (χ0v) is 9.86. The van der Waals surface area contributed by atoms with Gasteiger partial charge < -0.3 is 4.42 Å². The van der Waals surface area contributed by atoms with Crippen molar-refractivity contribution in [3.8, 4) is 0 Å². The summed E-state index contributed by atoms with van der Waals surface area (Å²) in [6, 6.07) is 8.32. The third kappa shape index (κ3) is 2.21. The number of rotatable bonds is 5. The highest BCUT2D eigenvalue weighted by Crippen LogP contribution is 2.37. The van der Waals surface area contributed by atoms with E-state index in [-0.39, 0.29) is 6.04 Å². The number of para-hydroxylation sites is 1. The Bertz CT molecular complexity index is 502. The lowest BCUT2D eigenvalue weighted by Gasteiger charge is -2.14. The van der Waals surface area contributed by atoms with E-state index in [2.05, 4.69) is 11.5 Å². The van der Waals surface area contributed by atoms with E-state index < -0.39 is 0 Å². The van der Waals surface area contributed by atoms with Crippen LogP contribution in [-0.4, -0.2) is 0 Å². The van der Waals surface area contributed by atoms with Gasteiger partial charge in [0.2, 0.25) is 0 Å². The molecule has 3 heteroatoms. The summed E-state index contributed by atoms with van der Waals surface area (Å²) in [6.45, 7) is 0. The van der Waals surface area contributed by atoms with Gasteiger partial charge in [-0.25, -0.2) is 0 Å².